The maximum Gasteiger partial charge on any atom is 0.313 e. The lowest BCUT2D eigenvalue weighted by Crippen LogP contribution is -2.46. The van der Waals surface area contributed by atoms with Crippen molar-refractivity contribution in [1.29, 1.82) is 0 Å². The molecule has 0 radical (unpaired) electrons. The third-order valence-corrected chi connectivity index (χ3v) is 6.08. The largest absolute Gasteiger partial charge is 0.497 e. The van der Waals surface area contributed by atoms with Gasteiger partial charge in [0.05, 0.1) is 13.0 Å². The zero-order valence-electron chi connectivity index (χ0n) is 19.3. The molecule has 2 aliphatic heterocycles. The summed E-state index contributed by atoms with van der Waals surface area (Å²) in [6, 6.07) is 10.2. The number of carbonyl (C=O) groups excluding carboxylic acids is 2. The van der Waals surface area contributed by atoms with E-state index in [1.54, 1.807) is 7.11 Å². The summed E-state index contributed by atoms with van der Waals surface area (Å²) in [5.41, 5.74) is 6.38. The van der Waals surface area contributed by atoms with Gasteiger partial charge in [0.1, 0.15) is 17.4 Å². The highest BCUT2D eigenvalue weighted by Crippen LogP contribution is 2.34. The van der Waals surface area contributed by atoms with Crippen LogP contribution < -0.4 is 20.7 Å². The number of halogens is 2. The van der Waals surface area contributed by atoms with Crippen LogP contribution in [0.25, 0.3) is 11.5 Å². The fraction of sp³-hybridized carbons (Fsp3) is 0.333. The fourth-order valence-corrected chi connectivity index (χ4v) is 4.02. The lowest BCUT2D eigenvalue weighted by atomic mass is 9.89. The van der Waals surface area contributed by atoms with Gasteiger partial charge >= 0.3 is 6.01 Å². The van der Waals surface area contributed by atoms with Crippen LogP contribution in [0.5, 0.6) is 5.75 Å². The highest BCUT2D eigenvalue weighted by atomic mass is 19.1. The van der Waals surface area contributed by atoms with Gasteiger partial charge in [-0.15, -0.1) is 5.10 Å². The van der Waals surface area contributed by atoms with E-state index in [2.05, 4.69) is 15.5 Å². The van der Waals surface area contributed by atoms with Crippen molar-refractivity contribution in [2.75, 3.05) is 24.3 Å². The molecule has 2 unspecified atom stereocenters. The van der Waals surface area contributed by atoms with Crippen molar-refractivity contribution in [3.8, 4) is 17.2 Å². The third-order valence-electron chi connectivity index (χ3n) is 6.08. The number of nitrogens with zero attached hydrogens (tertiary/aromatic N) is 3. The SMILES string of the molecule is CC1CCN1c1cc(F)c(C2CCC(=O)NC2=O)c(F)c1.COc1ccc(-c2nnc(N)o2)cc1. The number of ether oxygens (including phenoxy) is 1. The molecule has 0 bridgehead atoms. The number of hydrogen-bond donors (Lipinski definition) is 2. The first kappa shape index (κ1) is 24.1. The van der Waals surface area contributed by atoms with Crippen molar-refractivity contribution < 1.29 is 27.5 Å². The second kappa shape index (κ2) is 10.1. The number of aromatic nitrogens is 2. The van der Waals surface area contributed by atoms with Crippen molar-refractivity contribution in [2.24, 2.45) is 0 Å². The van der Waals surface area contributed by atoms with Crippen molar-refractivity contribution in [3.63, 3.8) is 0 Å². The van der Waals surface area contributed by atoms with Gasteiger partial charge in [-0.2, -0.15) is 0 Å². The Morgan fingerprint density at radius 1 is 1.11 bits per heavy atom. The van der Waals surface area contributed by atoms with Crippen molar-refractivity contribution in [2.45, 2.75) is 38.1 Å². The molecule has 3 N–H and O–H groups in total. The molecule has 9 nitrogen and oxygen atoms in total. The number of benzene rings is 2. The Bertz CT molecular complexity index is 1210. The molecule has 2 aromatic carbocycles. The topological polar surface area (TPSA) is 124 Å². The average Bonchev–Trinajstić information content (AvgIpc) is 3.26. The molecule has 0 spiro atoms. The van der Waals surface area contributed by atoms with Crippen molar-refractivity contribution in [1.82, 2.24) is 15.5 Å². The molecule has 5 rings (SSSR count). The number of nitrogens with two attached hydrogens (primary N) is 1. The van der Waals surface area contributed by atoms with Gasteiger partial charge in [0.15, 0.2) is 0 Å². The number of hydrogen-bond acceptors (Lipinski definition) is 8. The van der Waals surface area contributed by atoms with E-state index in [9.17, 15) is 18.4 Å². The van der Waals surface area contributed by atoms with Crippen LogP contribution in [0.4, 0.5) is 20.5 Å². The van der Waals surface area contributed by atoms with E-state index < -0.39 is 29.4 Å². The maximum atomic E-state index is 14.3. The maximum absolute atomic E-state index is 14.3. The predicted octanol–water partition coefficient (Wildman–Crippen LogP) is 3.41. The fourth-order valence-electron chi connectivity index (χ4n) is 4.02. The Morgan fingerprint density at radius 2 is 1.80 bits per heavy atom. The van der Waals surface area contributed by atoms with Gasteiger partial charge < -0.3 is 19.8 Å². The molecule has 2 aliphatic rings. The summed E-state index contributed by atoms with van der Waals surface area (Å²) in [5, 5.41) is 9.45. The number of nitrogen functional groups attached to an aromatic ring is 1. The number of piperidine rings is 1. The normalized spacial score (nSPS) is 19.4. The predicted molar refractivity (Wildman–Crippen MR) is 124 cm³/mol. The summed E-state index contributed by atoms with van der Waals surface area (Å²) < 4.78 is 38.6. The second-order valence-corrected chi connectivity index (χ2v) is 8.33. The second-order valence-electron chi connectivity index (χ2n) is 8.33. The van der Waals surface area contributed by atoms with Gasteiger partial charge in [0.25, 0.3) is 0 Å². The van der Waals surface area contributed by atoms with Crippen LogP contribution >= 0.6 is 0 Å². The highest BCUT2D eigenvalue weighted by Gasteiger charge is 2.33. The van der Waals surface area contributed by atoms with Crippen LogP contribution in [-0.4, -0.2) is 41.7 Å². The van der Waals surface area contributed by atoms with Gasteiger partial charge in [-0.1, -0.05) is 5.10 Å². The van der Waals surface area contributed by atoms with Crippen LogP contribution in [0, 0.1) is 11.6 Å². The molecule has 35 heavy (non-hydrogen) atoms. The zero-order chi connectivity index (χ0) is 25.1. The van der Waals surface area contributed by atoms with Crippen LogP contribution in [-0.2, 0) is 9.59 Å². The number of carbonyl (C=O) groups is 2. The molecule has 3 heterocycles. The third kappa shape index (κ3) is 5.23. The van der Waals surface area contributed by atoms with E-state index in [0.717, 1.165) is 24.3 Å². The Labute approximate surface area is 200 Å². The van der Waals surface area contributed by atoms with Gasteiger partial charge in [-0.25, -0.2) is 8.78 Å². The Balaban J connectivity index is 0.000000179. The van der Waals surface area contributed by atoms with E-state index in [4.69, 9.17) is 14.9 Å². The molecule has 11 heteroatoms. The Kier molecular flexibility index (Phi) is 6.94. The van der Waals surface area contributed by atoms with Crippen LogP contribution in [0.15, 0.2) is 40.8 Å². The van der Waals surface area contributed by atoms with Gasteiger partial charge in [-0.05, 0) is 56.2 Å². The molecular formula is C24H25F2N5O4. The summed E-state index contributed by atoms with van der Waals surface area (Å²) in [5.74, 6) is -2.23. The van der Waals surface area contributed by atoms with Crippen molar-refractivity contribution in [3.05, 3.63) is 53.6 Å². The molecule has 0 saturated carbocycles. The standard InChI is InChI=1S/C15H16F2N2O2.C9H9N3O2/c1-8-4-5-19(8)9-6-11(16)14(12(17)7-9)10-2-3-13(20)18-15(10)21;1-13-7-4-2-6(3-5-7)8-11-12-9(10)14-8/h6-8,10H,2-5H2,1H3,(H,18,20,21);2-5H,1H3,(H2,10,12). The van der Waals surface area contributed by atoms with Crippen LogP contribution in [0.1, 0.15) is 37.7 Å². The van der Waals surface area contributed by atoms with Crippen LogP contribution in [0.2, 0.25) is 0 Å². The molecular weight excluding hydrogens is 460 g/mol. The molecule has 1 aromatic heterocycles. The highest BCUT2D eigenvalue weighted by molar-refractivity contribution is 6.01. The summed E-state index contributed by atoms with van der Waals surface area (Å²) in [6.45, 7) is 2.77. The quantitative estimate of drug-likeness (QED) is 0.539. The number of methoxy groups -OCH3 is 1. The minimum atomic E-state index is -0.939. The Morgan fingerprint density at radius 3 is 2.29 bits per heavy atom. The molecule has 184 valence electrons. The summed E-state index contributed by atoms with van der Waals surface area (Å²) in [4.78, 5) is 24.8. The molecule has 0 aliphatic carbocycles. The first-order valence-corrected chi connectivity index (χ1v) is 11.1. The summed E-state index contributed by atoms with van der Waals surface area (Å²) >= 11 is 0. The zero-order valence-corrected chi connectivity index (χ0v) is 19.3. The number of anilines is 2. The monoisotopic (exact) mass is 485 g/mol. The first-order chi connectivity index (χ1) is 16.8. The number of amides is 2. The van der Waals surface area contributed by atoms with E-state index in [1.807, 2.05) is 36.1 Å². The van der Waals surface area contributed by atoms with Gasteiger partial charge in [0.2, 0.25) is 17.7 Å². The smallest absolute Gasteiger partial charge is 0.313 e. The lowest BCUT2D eigenvalue weighted by molar-refractivity contribution is -0.134. The van der Waals surface area contributed by atoms with E-state index in [-0.39, 0.29) is 30.5 Å². The minimum absolute atomic E-state index is 0.0656. The summed E-state index contributed by atoms with van der Waals surface area (Å²) in [6.07, 6.45) is 1.23. The van der Waals surface area contributed by atoms with E-state index >= 15 is 0 Å². The van der Waals surface area contributed by atoms with E-state index in [0.29, 0.717) is 11.6 Å². The molecule has 2 saturated heterocycles. The minimum Gasteiger partial charge on any atom is -0.497 e. The van der Waals surface area contributed by atoms with Gasteiger partial charge in [-0.3, -0.25) is 14.9 Å². The Hall–Kier alpha value is -4.02. The molecule has 3 aromatic rings. The average molecular weight is 485 g/mol. The van der Waals surface area contributed by atoms with Crippen molar-refractivity contribution >= 4 is 23.5 Å². The number of rotatable bonds is 4. The van der Waals surface area contributed by atoms with Crippen LogP contribution in [0.3, 0.4) is 0 Å². The summed E-state index contributed by atoms with van der Waals surface area (Å²) in [7, 11) is 1.61. The van der Waals surface area contributed by atoms with E-state index in [1.165, 1.54) is 12.1 Å². The number of imide groups is 1. The molecule has 2 fully saturated rings. The first-order valence-electron chi connectivity index (χ1n) is 11.1. The van der Waals surface area contributed by atoms with Gasteiger partial charge in [0, 0.05) is 35.8 Å². The number of nitrogens with one attached hydrogen (secondary N) is 1. The lowest BCUT2D eigenvalue weighted by Gasteiger charge is -2.41. The molecule has 2 atom stereocenters. The molecule has 2 amide bonds.